The van der Waals surface area contributed by atoms with Gasteiger partial charge in [-0.25, -0.2) is 9.48 Å². The van der Waals surface area contributed by atoms with Gasteiger partial charge in [-0.3, -0.25) is 10.1 Å². The van der Waals surface area contributed by atoms with Crippen LogP contribution in [0.1, 0.15) is 16.4 Å². The van der Waals surface area contributed by atoms with Crippen LogP contribution in [-0.2, 0) is 11.3 Å². The van der Waals surface area contributed by atoms with Gasteiger partial charge >= 0.3 is 12.0 Å². The molecule has 0 aliphatic rings. The van der Waals surface area contributed by atoms with Crippen LogP contribution in [-0.4, -0.2) is 42.2 Å². The molecule has 2 aromatic heterocycles. The highest BCUT2D eigenvalue weighted by Gasteiger charge is 2.12. The fraction of sp³-hybridized carbons (Fsp3) is 0.250. The van der Waals surface area contributed by atoms with E-state index in [9.17, 15) is 9.59 Å². The van der Waals surface area contributed by atoms with Crippen molar-refractivity contribution in [3.05, 3.63) is 17.8 Å². The lowest BCUT2D eigenvalue weighted by Gasteiger charge is -1.99. The molecule has 2 N–H and O–H groups in total. The van der Waals surface area contributed by atoms with Gasteiger partial charge in [0.1, 0.15) is 6.54 Å². The number of rotatable bonds is 4. The van der Waals surface area contributed by atoms with Gasteiger partial charge in [0, 0.05) is 6.92 Å². The lowest BCUT2D eigenvalue weighted by atomic mass is 10.5. The molecular formula is C8H8N6O4. The fourth-order valence-electron chi connectivity index (χ4n) is 1.13. The van der Waals surface area contributed by atoms with Crippen molar-refractivity contribution in [1.29, 1.82) is 0 Å². The van der Waals surface area contributed by atoms with Gasteiger partial charge in [0.05, 0.1) is 6.20 Å². The lowest BCUT2D eigenvalue weighted by Crippen LogP contribution is -2.19. The van der Waals surface area contributed by atoms with Crippen LogP contribution < -0.4 is 5.32 Å². The Bertz CT molecular complexity index is 588. The van der Waals surface area contributed by atoms with Gasteiger partial charge in [-0.1, -0.05) is 10.3 Å². The van der Waals surface area contributed by atoms with Crippen LogP contribution in [0.25, 0.3) is 0 Å². The summed E-state index contributed by atoms with van der Waals surface area (Å²) in [4.78, 5) is 22.0. The van der Waals surface area contributed by atoms with Crippen molar-refractivity contribution in [1.82, 2.24) is 25.2 Å². The molecule has 94 valence electrons. The normalized spacial score (nSPS) is 10.3. The Balaban J connectivity index is 1.96. The Hall–Kier alpha value is -2.78. The van der Waals surface area contributed by atoms with E-state index in [4.69, 9.17) is 9.52 Å². The van der Waals surface area contributed by atoms with Crippen molar-refractivity contribution in [2.75, 3.05) is 5.32 Å². The summed E-state index contributed by atoms with van der Waals surface area (Å²) >= 11 is 0. The largest absolute Gasteiger partial charge is 0.476 e. The molecule has 10 heteroatoms. The molecular weight excluding hydrogens is 244 g/mol. The number of nitrogens with one attached hydrogen (secondary N) is 1. The molecule has 2 aromatic rings. The Morgan fingerprint density at radius 3 is 2.78 bits per heavy atom. The molecule has 0 aromatic carbocycles. The van der Waals surface area contributed by atoms with E-state index in [0.717, 1.165) is 10.9 Å². The number of carboxylic acid groups (broad SMARTS) is 1. The van der Waals surface area contributed by atoms with Crippen LogP contribution in [0.15, 0.2) is 10.6 Å². The van der Waals surface area contributed by atoms with Gasteiger partial charge in [0.2, 0.25) is 11.8 Å². The molecule has 10 nitrogen and oxygen atoms in total. The Morgan fingerprint density at radius 1 is 1.44 bits per heavy atom. The smallest absolute Gasteiger partial charge is 0.358 e. The van der Waals surface area contributed by atoms with E-state index < -0.39 is 11.9 Å². The van der Waals surface area contributed by atoms with E-state index in [-0.39, 0.29) is 18.3 Å². The third kappa shape index (κ3) is 2.66. The summed E-state index contributed by atoms with van der Waals surface area (Å²) < 4.78 is 6.03. The second-order valence-corrected chi connectivity index (χ2v) is 3.28. The predicted octanol–water partition coefficient (Wildman–Crippen LogP) is -0.694. The first kappa shape index (κ1) is 11.7. The molecule has 0 saturated carbocycles. The van der Waals surface area contributed by atoms with E-state index in [1.54, 1.807) is 6.92 Å². The summed E-state index contributed by atoms with van der Waals surface area (Å²) in [5.41, 5.74) is -0.239. The number of aromatic carboxylic acids is 1. The van der Waals surface area contributed by atoms with E-state index in [0.29, 0.717) is 5.89 Å². The minimum Gasteiger partial charge on any atom is -0.476 e. The standard InChI is InChI=1S/C8H8N6O4/c1-4-10-12-8(18-4)9-6(15)3-14-2-5(7(16)17)11-13-14/h2H,3H2,1H3,(H,16,17)(H,9,12,15). The Kier molecular flexibility index (Phi) is 3.00. The zero-order valence-electron chi connectivity index (χ0n) is 9.19. The van der Waals surface area contributed by atoms with Crippen LogP contribution in [0, 0.1) is 6.92 Å². The topological polar surface area (TPSA) is 136 Å². The van der Waals surface area contributed by atoms with E-state index in [1.165, 1.54) is 0 Å². The van der Waals surface area contributed by atoms with Gasteiger partial charge in [-0.05, 0) is 0 Å². The Morgan fingerprint density at radius 2 is 2.22 bits per heavy atom. The fourth-order valence-corrected chi connectivity index (χ4v) is 1.13. The number of carboxylic acids is 1. The highest BCUT2D eigenvalue weighted by atomic mass is 16.4. The quantitative estimate of drug-likeness (QED) is 0.729. The first-order valence-electron chi connectivity index (χ1n) is 4.78. The molecule has 0 unspecified atom stereocenters. The number of aromatic nitrogens is 5. The number of nitrogens with zero attached hydrogens (tertiary/aromatic N) is 5. The highest BCUT2D eigenvalue weighted by Crippen LogP contribution is 2.03. The summed E-state index contributed by atoms with van der Waals surface area (Å²) in [6, 6.07) is -0.0314. The average Bonchev–Trinajstić information content (AvgIpc) is 2.88. The molecule has 0 spiro atoms. The molecule has 2 heterocycles. The maximum absolute atomic E-state index is 11.5. The number of carbonyl (C=O) groups excluding carboxylic acids is 1. The summed E-state index contributed by atoms with van der Waals surface area (Å²) in [5, 5.41) is 24.9. The molecule has 2 rings (SSSR count). The first-order chi connectivity index (χ1) is 8.54. The Labute approximate surface area is 99.6 Å². The van der Waals surface area contributed by atoms with Gasteiger partial charge in [0.25, 0.3) is 0 Å². The number of carbonyl (C=O) groups is 2. The van der Waals surface area contributed by atoms with Crippen molar-refractivity contribution in [3.8, 4) is 0 Å². The van der Waals surface area contributed by atoms with Crippen LogP contribution in [0.5, 0.6) is 0 Å². The number of anilines is 1. The SMILES string of the molecule is Cc1nnc(NC(=O)Cn2cc(C(=O)O)nn2)o1. The first-order valence-corrected chi connectivity index (χ1v) is 4.78. The molecule has 0 aliphatic carbocycles. The molecule has 0 saturated heterocycles. The van der Waals surface area contributed by atoms with Crippen LogP contribution in [0.2, 0.25) is 0 Å². The zero-order chi connectivity index (χ0) is 13.1. The summed E-state index contributed by atoms with van der Waals surface area (Å²) in [7, 11) is 0. The number of aryl methyl sites for hydroxylation is 1. The van der Waals surface area contributed by atoms with Gasteiger partial charge in [-0.15, -0.1) is 10.2 Å². The second-order valence-electron chi connectivity index (χ2n) is 3.28. The van der Waals surface area contributed by atoms with E-state index >= 15 is 0 Å². The predicted molar refractivity (Wildman–Crippen MR) is 54.6 cm³/mol. The molecule has 0 fully saturated rings. The molecule has 18 heavy (non-hydrogen) atoms. The maximum atomic E-state index is 11.5. The van der Waals surface area contributed by atoms with Gasteiger partial charge < -0.3 is 9.52 Å². The van der Waals surface area contributed by atoms with Crippen molar-refractivity contribution in [3.63, 3.8) is 0 Å². The second kappa shape index (κ2) is 4.61. The van der Waals surface area contributed by atoms with Crippen molar-refractivity contribution in [2.45, 2.75) is 13.5 Å². The minimum absolute atomic E-state index is 0.0314. The van der Waals surface area contributed by atoms with Gasteiger partial charge in [-0.2, -0.15) is 0 Å². The van der Waals surface area contributed by atoms with Crippen LogP contribution in [0.4, 0.5) is 6.01 Å². The third-order valence-electron chi connectivity index (χ3n) is 1.84. The molecule has 0 atom stereocenters. The molecule has 0 radical (unpaired) electrons. The third-order valence-corrected chi connectivity index (χ3v) is 1.84. The molecule has 0 aliphatic heterocycles. The number of amides is 1. The zero-order valence-corrected chi connectivity index (χ0v) is 9.19. The van der Waals surface area contributed by atoms with E-state index in [1.807, 2.05) is 0 Å². The summed E-state index contributed by atoms with van der Waals surface area (Å²) in [6.07, 6.45) is 1.14. The van der Waals surface area contributed by atoms with Gasteiger partial charge in [0.15, 0.2) is 5.69 Å². The van der Waals surface area contributed by atoms with Crippen molar-refractivity contribution in [2.24, 2.45) is 0 Å². The average molecular weight is 252 g/mol. The van der Waals surface area contributed by atoms with Crippen molar-refractivity contribution < 1.29 is 19.1 Å². The molecule has 0 bridgehead atoms. The van der Waals surface area contributed by atoms with Crippen LogP contribution in [0.3, 0.4) is 0 Å². The van der Waals surface area contributed by atoms with Crippen molar-refractivity contribution >= 4 is 17.9 Å². The minimum atomic E-state index is -1.21. The maximum Gasteiger partial charge on any atom is 0.358 e. The lowest BCUT2D eigenvalue weighted by molar-refractivity contribution is -0.117. The molecule has 1 amide bonds. The summed E-state index contributed by atoms with van der Waals surface area (Å²) in [5.74, 6) is -1.38. The monoisotopic (exact) mass is 252 g/mol. The summed E-state index contributed by atoms with van der Waals surface area (Å²) in [6.45, 7) is 1.38. The highest BCUT2D eigenvalue weighted by molar-refractivity contribution is 5.88. The van der Waals surface area contributed by atoms with E-state index in [2.05, 4.69) is 25.8 Å². The van der Waals surface area contributed by atoms with Crippen LogP contribution >= 0.6 is 0 Å². The number of hydrogen-bond acceptors (Lipinski definition) is 7. The number of hydrogen-bond donors (Lipinski definition) is 2.